The Hall–Kier alpha value is -1.60. The normalized spacial score (nSPS) is 12.4. The molecular weight excluding hydrogens is 206 g/mol. The van der Waals surface area contributed by atoms with Crippen molar-refractivity contribution in [3.63, 3.8) is 0 Å². The molecule has 0 radical (unpaired) electrons. The fourth-order valence-electron chi connectivity index (χ4n) is 2.05. The summed E-state index contributed by atoms with van der Waals surface area (Å²) in [5, 5.41) is 0. The van der Waals surface area contributed by atoms with E-state index >= 15 is 0 Å². The van der Waals surface area contributed by atoms with E-state index in [1.165, 1.54) is 16.7 Å². The molecule has 0 aromatic heterocycles. The Morgan fingerprint density at radius 2 is 1.65 bits per heavy atom. The molecule has 0 aliphatic heterocycles. The van der Waals surface area contributed by atoms with Crippen LogP contribution in [0.1, 0.15) is 29.7 Å². The summed E-state index contributed by atoms with van der Waals surface area (Å²) in [6.45, 7) is 2.18. The van der Waals surface area contributed by atoms with Gasteiger partial charge in [0.05, 0.1) is 0 Å². The fourth-order valence-corrected chi connectivity index (χ4v) is 2.05. The first-order valence-corrected chi connectivity index (χ1v) is 6.18. The highest BCUT2D eigenvalue weighted by Crippen LogP contribution is 2.16. The highest BCUT2D eigenvalue weighted by Gasteiger charge is 2.06. The minimum atomic E-state index is 0.0864. The summed E-state index contributed by atoms with van der Waals surface area (Å²) in [5.41, 5.74) is 10.1. The average molecular weight is 225 g/mol. The maximum absolute atomic E-state index is 6.22. The van der Waals surface area contributed by atoms with Crippen LogP contribution in [0.4, 0.5) is 0 Å². The predicted molar refractivity (Wildman–Crippen MR) is 72.9 cm³/mol. The molecule has 1 unspecified atom stereocenters. The highest BCUT2D eigenvalue weighted by atomic mass is 14.6. The molecule has 1 heteroatoms. The van der Waals surface area contributed by atoms with Crippen molar-refractivity contribution in [1.29, 1.82) is 0 Å². The Balaban J connectivity index is 2.10. The molecule has 17 heavy (non-hydrogen) atoms. The summed E-state index contributed by atoms with van der Waals surface area (Å²) in [6, 6.07) is 19.1. The molecular formula is C16H19N. The van der Waals surface area contributed by atoms with E-state index in [1.54, 1.807) is 0 Å². The second-order valence-corrected chi connectivity index (χ2v) is 4.39. The molecule has 0 amide bonds. The van der Waals surface area contributed by atoms with Gasteiger partial charge < -0.3 is 5.73 Å². The lowest BCUT2D eigenvalue weighted by atomic mass is 9.98. The van der Waals surface area contributed by atoms with Crippen molar-refractivity contribution in [2.45, 2.75) is 25.8 Å². The summed E-state index contributed by atoms with van der Waals surface area (Å²) in [6.07, 6.45) is 1.98. The Bertz CT molecular complexity index is 462. The van der Waals surface area contributed by atoms with Crippen LogP contribution in [0.3, 0.4) is 0 Å². The van der Waals surface area contributed by atoms with E-state index in [0.717, 1.165) is 12.8 Å². The van der Waals surface area contributed by atoms with Crippen LogP contribution in [0.25, 0.3) is 0 Å². The standard InChI is InChI=1S/C16H19N/c1-2-13-7-6-8-14(11-13)12-16(17)15-9-4-3-5-10-15/h3-11,16H,2,12,17H2,1H3. The van der Waals surface area contributed by atoms with Gasteiger partial charge in [-0.25, -0.2) is 0 Å². The summed E-state index contributed by atoms with van der Waals surface area (Å²) in [4.78, 5) is 0. The van der Waals surface area contributed by atoms with Crippen LogP contribution >= 0.6 is 0 Å². The third kappa shape index (κ3) is 3.18. The summed E-state index contributed by atoms with van der Waals surface area (Å²) >= 11 is 0. The summed E-state index contributed by atoms with van der Waals surface area (Å²) in [7, 11) is 0. The van der Waals surface area contributed by atoms with E-state index in [1.807, 2.05) is 18.2 Å². The second-order valence-electron chi connectivity index (χ2n) is 4.39. The maximum atomic E-state index is 6.22. The minimum Gasteiger partial charge on any atom is -0.324 e. The topological polar surface area (TPSA) is 26.0 Å². The first-order chi connectivity index (χ1) is 8.29. The average Bonchev–Trinajstić information content (AvgIpc) is 2.40. The lowest BCUT2D eigenvalue weighted by molar-refractivity contribution is 0.721. The fraction of sp³-hybridized carbons (Fsp3) is 0.250. The minimum absolute atomic E-state index is 0.0864. The third-order valence-corrected chi connectivity index (χ3v) is 3.08. The summed E-state index contributed by atoms with van der Waals surface area (Å²) in [5.74, 6) is 0. The third-order valence-electron chi connectivity index (χ3n) is 3.08. The molecule has 0 fully saturated rings. The molecule has 1 nitrogen and oxygen atoms in total. The molecule has 0 aliphatic rings. The number of rotatable bonds is 4. The zero-order valence-corrected chi connectivity index (χ0v) is 10.3. The largest absolute Gasteiger partial charge is 0.324 e. The van der Waals surface area contributed by atoms with Crippen molar-refractivity contribution >= 4 is 0 Å². The molecule has 2 rings (SSSR count). The van der Waals surface area contributed by atoms with Crippen molar-refractivity contribution < 1.29 is 0 Å². The predicted octanol–water partition coefficient (Wildman–Crippen LogP) is 3.49. The number of hydrogen-bond donors (Lipinski definition) is 1. The van der Waals surface area contributed by atoms with Crippen molar-refractivity contribution in [1.82, 2.24) is 0 Å². The monoisotopic (exact) mass is 225 g/mol. The first kappa shape index (κ1) is 11.9. The van der Waals surface area contributed by atoms with Gasteiger partial charge in [0.15, 0.2) is 0 Å². The van der Waals surface area contributed by atoms with Gasteiger partial charge in [-0.1, -0.05) is 61.5 Å². The highest BCUT2D eigenvalue weighted by molar-refractivity contribution is 5.27. The molecule has 1 atom stereocenters. The van der Waals surface area contributed by atoms with E-state index in [-0.39, 0.29) is 6.04 Å². The molecule has 2 N–H and O–H groups in total. The lowest BCUT2D eigenvalue weighted by Gasteiger charge is -2.12. The Kier molecular flexibility index (Phi) is 3.94. The van der Waals surface area contributed by atoms with E-state index < -0.39 is 0 Å². The van der Waals surface area contributed by atoms with Crippen LogP contribution < -0.4 is 5.73 Å². The lowest BCUT2D eigenvalue weighted by Crippen LogP contribution is -2.13. The van der Waals surface area contributed by atoms with Gasteiger partial charge in [-0.15, -0.1) is 0 Å². The van der Waals surface area contributed by atoms with Gasteiger partial charge >= 0.3 is 0 Å². The van der Waals surface area contributed by atoms with Crippen LogP contribution in [0.15, 0.2) is 54.6 Å². The Morgan fingerprint density at radius 3 is 2.35 bits per heavy atom. The number of aryl methyl sites for hydroxylation is 1. The van der Waals surface area contributed by atoms with Gasteiger partial charge in [0.1, 0.15) is 0 Å². The second kappa shape index (κ2) is 5.65. The SMILES string of the molecule is CCc1cccc(CC(N)c2ccccc2)c1. The number of hydrogen-bond acceptors (Lipinski definition) is 1. The van der Waals surface area contributed by atoms with Crippen LogP contribution in [0.2, 0.25) is 0 Å². The molecule has 0 saturated heterocycles. The zero-order valence-electron chi connectivity index (χ0n) is 10.3. The molecule has 88 valence electrons. The molecule has 0 heterocycles. The van der Waals surface area contributed by atoms with Gasteiger partial charge in [0, 0.05) is 6.04 Å². The number of nitrogens with two attached hydrogens (primary N) is 1. The van der Waals surface area contributed by atoms with E-state index in [0.29, 0.717) is 0 Å². The van der Waals surface area contributed by atoms with Gasteiger partial charge in [0.2, 0.25) is 0 Å². The van der Waals surface area contributed by atoms with E-state index in [4.69, 9.17) is 5.73 Å². The first-order valence-electron chi connectivity index (χ1n) is 6.18. The molecule has 2 aromatic rings. The molecule has 2 aromatic carbocycles. The van der Waals surface area contributed by atoms with Crippen molar-refractivity contribution in [3.8, 4) is 0 Å². The Labute approximate surface area is 103 Å². The van der Waals surface area contributed by atoms with Gasteiger partial charge in [-0.2, -0.15) is 0 Å². The van der Waals surface area contributed by atoms with Gasteiger partial charge in [-0.3, -0.25) is 0 Å². The van der Waals surface area contributed by atoms with Crippen molar-refractivity contribution in [2.24, 2.45) is 5.73 Å². The molecule has 0 aliphatic carbocycles. The number of benzene rings is 2. The van der Waals surface area contributed by atoms with E-state index in [2.05, 4.69) is 43.3 Å². The maximum Gasteiger partial charge on any atom is 0.0335 e. The molecule has 0 saturated carbocycles. The zero-order chi connectivity index (χ0) is 12.1. The van der Waals surface area contributed by atoms with Crippen LogP contribution in [0, 0.1) is 0 Å². The van der Waals surface area contributed by atoms with Crippen molar-refractivity contribution in [3.05, 3.63) is 71.3 Å². The summed E-state index contributed by atoms with van der Waals surface area (Å²) < 4.78 is 0. The Morgan fingerprint density at radius 1 is 0.941 bits per heavy atom. The quantitative estimate of drug-likeness (QED) is 0.847. The van der Waals surface area contributed by atoms with Crippen LogP contribution in [-0.4, -0.2) is 0 Å². The molecule has 0 spiro atoms. The van der Waals surface area contributed by atoms with Crippen molar-refractivity contribution in [2.75, 3.05) is 0 Å². The molecule has 0 bridgehead atoms. The van der Waals surface area contributed by atoms with Gasteiger partial charge in [-0.05, 0) is 29.5 Å². The van der Waals surface area contributed by atoms with Gasteiger partial charge in [0.25, 0.3) is 0 Å². The van der Waals surface area contributed by atoms with Crippen LogP contribution in [-0.2, 0) is 12.8 Å². The van der Waals surface area contributed by atoms with Crippen LogP contribution in [0.5, 0.6) is 0 Å². The smallest absolute Gasteiger partial charge is 0.0335 e. The van der Waals surface area contributed by atoms with E-state index in [9.17, 15) is 0 Å².